The van der Waals surface area contributed by atoms with Gasteiger partial charge in [-0.2, -0.15) is 5.26 Å². The Bertz CT molecular complexity index is 778. The van der Waals surface area contributed by atoms with Gasteiger partial charge >= 0.3 is 0 Å². The van der Waals surface area contributed by atoms with E-state index in [4.69, 9.17) is 9.47 Å². The first-order valence-electron chi connectivity index (χ1n) is 8.43. The molecule has 1 heterocycles. The lowest BCUT2D eigenvalue weighted by Gasteiger charge is -2.21. The fourth-order valence-corrected chi connectivity index (χ4v) is 3.47. The highest BCUT2D eigenvalue weighted by Gasteiger charge is 2.24. The number of rotatable bonds is 3. The third-order valence-corrected chi connectivity index (χ3v) is 4.62. The number of nitriles is 1. The maximum absolute atomic E-state index is 9.77. The number of benzene rings is 1. The molecule has 24 heavy (non-hydrogen) atoms. The van der Waals surface area contributed by atoms with Crippen LogP contribution in [0.15, 0.2) is 24.3 Å². The maximum atomic E-state index is 9.77. The van der Waals surface area contributed by atoms with Crippen molar-refractivity contribution in [2.45, 2.75) is 38.5 Å². The van der Waals surface area contributed by atoms with Crippen LogP contribution in [0.5, 0.6) is 11.6 Å². The molecule has 2 aromatic rings. The lowest BCUT2D eigenvalue weighted by atomic mass is 9.88. The van der Waals surface area contributed by atoms with E-state index in [1.807, 2.05) is 24.3 Å². The van der Waals surface area contributed by atoms with Gasteiger partial charge in [0.1, 0.15) is 17.4 Å². The molecule has 1 aromatic heterocycles. The first kappa shape index (κ1) is 16.3. The van der Waals surface area contributed by atoms with Crippen LogP contribution in [0.3, 0.4) is 0 Å². The summed E-state index contributed by atoms with van der Waals surface area (Å²) in [4.78, 5) is 4.66. The summed E-state index contributed by atoms with van der Waals surface area (Å²) in [7, 11) is 3.23. The molecular weight excluding hydrogens is 300 g/mol. The summed E-state index contributed by atoms with van der Waals surface area (Å²) in [6.07, 6.45) is 6.56. The van der Waals surface area contributed by atoms with E-state index in [9.17, 15) is 5.26 Å². The molecule has 0 amide bonds. The summed E-state index contributed by atoms with van der Waals surface area (Å²) < 4.78 is 11.0. The first-order valence-corrected chi connectivity index (χ1v) is 8.43. The third-order valence-electron chi connectivity index (χ3n) is 4.62. The Morgan fingerprint density at radius 3 is 2.46 bits per heavy atom. The van der Waals surface area contributed by atoms with Gasteiger partial charge < -0.3 is 9.47 Å². The van der Waals surface area contributed by atoms with Gasteiger partial charge in [0.05, 0.1) is 14.2 Å². The van der Waals surface area contributed by atoms with Crippen molar-refractivity contribution in [1.29, 1.82) is 5.26 Å². The van der Waals surface area contributed by atoms with Crippen LogP contribution in [0.25, 0.3) is 11.1 Å². The zero-order chi connectivity index (χ0) is 16.9. The van der Waals surface area contributed by atoms with Crippen LogP contribution in [0, 0.1) is 11.3 Å². The summed E-state index contributed by atoms with van der Waals surface area (Å²) in [6, 6.07) is 10.2. The fourth-order valence-electron chi connectivity index (χ4n) is 3.47. The molecule has 3 rings (SSSR count). The molecule has 1 aliphatic rings. The minimum atomic E-state index is 0.415. The second-order valence-corrected chi connectivity index (χ2v) is 6.02. The Morgan fingerprint density at radius 1 is 1.00 bits per heavy atom. The summed E-state index contributed by atoms with van der Waals surface area (Å²) >= 11 is 0. The van der Waals surface area contributed by atoms with Crippen molar-refractivity contribution in [2.24, 2.45) is 0 Å². The van der Waals surface area contributed by atoms with E-state index in [0.29, 0.717) is 11.4 Å². The standard InChI is InChI=1S/C20H22N2O2/c1-23-18-12-8-7-10-15(18)19-14-9-5-3-4-6-11-17(14)22-20(24-2)16(19)13-21/h7-8,10,12H,3-6,9,11H2,1-2H3. The molecule has 0 saturated heterocycles. The minimum absolute atomic E-state index is 0.415. The molecule has 0 N–H and O–H groups in total. The minimum Gasteiger partial charge on any atom is -0.496 e. The molecule has 0 radical (unpaired) electrons. The smallest absolute Gasteiger partial charge is 0.232 e. The van der Waals surface area contributed by atoms with Gasteiger partial charge in [0.15, 0.2) is 0 Å². The van der Waals surface area contributed by atoms with Crippen LogP contribution in [-0.2, 0) is 12.8 Å². The highest BCUT2D eigenvalue weighted by atomic mass is 16.5. The number of aromatic nitrogens is 1. The van der Waals surface area contributed by atoms with E-state index in [2.05, 4.69) is 11.1 Å². The lowest BCUT2D eigenvalue weighted by Crippen LogP contribution is -2.09. The van der Waals surface area contributed by atoms with E-state index >= 15 is 0 Å². The molecule has 0 saturated carbocycles. The summed E-state index contributed by atoms with van der Waals surface area (Å²) in [5.41, 5.74) is 4.61. The van der Waals surface area contributed by atoms with E-state index < -0.39 is 0 Å². The van der Waals surface area contributed by atoms with Crippen LogP contribution in [0.1, 0.15) is 42.5 Å². The average Bonchev–Trinajstić information content (AvgIpc) is 2.61. The number of ether oxygens (including phenoxy) is 2. The molecule has 0 unspecified atom stereocenters. The van der Waals surface area contributed by atoms with Gasteiger partial charge in [-0.25, -0.2) is 4.98 Å². The number of hydrogen-bond acceptors (Lipinski definition) is 4. The number of methoxy groups -OCH3 is 2. The predicted octanol–water partition coefficient (Wildman–Crippen LogP) is 4.30. The number of aryl methyl sites for hydroxylation is 1. The van der Waals surface area contributed by atoms with Gasteiger partial charge in [-0.1, -0.05) is 31.0 Å². The van der Waals surface area contributed by atoms with Gasteiger partial charge in [-0.3, -0.25) is 0 Å². The van der Waals surface area contributed by atoms with Crippen molar-refractivity contribution in [1.82, 2.24) is 4.98 Å². The Labute approximate surface area is 143 Å². The molecule has 4 nitrogen and oxygen atoms in total. The van der Waals surface area contributed by atoms with Crippen molar-refractivity contribution in [2.75, 3.05) is 14.2 Å². The van der Waals surface area contributed by atoms with Crippen LogP contribution in [0.4, 0.5) is 0 Å². The molecule has 0 atom stereocenters. The Kier molecular flexibility index (Phi) is 5.00. The highest BCUT2D eigenvalue weighted by molar-refractivity contribution is 5.80. The predicted molar refractivity (Wildman–Crippen MR) is 93.4 cm³/mol. The Morgan fingerprint density at radius 2 is 1.75 bits per heavy atom. The molecule has 4 heteroatoms. The van der Waals surface area contributed by atoms with E-state index in [1.165, 1.54) is 18.4 Å². The molecule has 0 fully saturated rings. The molecule has 0 spiro atoms. The Balaban J connectivity index is 2.32. The monoisotopic (exact) mass is 322 g/mol. The first-order chi connectivity index (χ1) is 11.8. The highest BCUT2D eigenvalue weighted by Crippen LogP contribution is 2.40. The van der Waals surface area contributed by atoms with Crippen molar-refractivity contribution >= 4 is 0 Å². The quantitative estimate of drug-likeness (QED) is 0.845. The van der Waals surface area contributed by atoms with Crippen molar-refractivity contribution in [3.63, 3.8) is 0 Å². The summed E-state index contributed by atoms with van der Waals surface area (Å²) in [6.45, 7) is 0. The molecule has 1 aliphatic carbocycles. The summed E-state index contributed by atoms with van der Waals surface area (Å²) in [5.74, 6) is 1.18. The van der Waals surface area contributed by atoms with Gasteiger partial charge in [-0.05, 0) is 37.3 Å². The van der Waals surface area contributed by atoms with E-state index in [0.717, 1.165) is 48.3 Å². The number of pyridine rings is 1. The Hall–Kier alpha value is -2.54. The SMILES string of the molecule is COc1ccccc1-c1c(C#N)c(OC)nc2c1CCCCCC2. The van der Waals surface area contributed by atoms with Crippen LogP contribution in [0.2, 0.25) is 0 Å². The van der Waals surface area contributed by atoms with Gasteiger partial charge in [0, 0.05) is 16.8 Å². The molecule has 0 bridgehead atoms. The van der Waals surface area contributed by atoms with E-state index in [-0.39, 0.29) is 0 Å². The molecular formula is C20H22N2O2. The largest absolute Gasteiger partial charge is 0.496 e. The van der Waals surface area contributed by atoms with Crippen LogP contribution >= 0.6 is 0 Å². The van der Waals surface area contributed by atoms with Gasteiger partial charge in [-0.15, -0.1) is 0 Å². The summed E-state index contributed by atoms with van der Waals surface area (Å²) in [5, 5.41) is 9.77. The van der Waals surface area contributed by atoms with Crippen molar-refractivity contribution in [3.05, 3.63) is 41.1 Å². The molecule has 1 aromatic carbocycles. The average molecular weight is 322 g/mol. The normalized spacial score (nSPS) is 14.0. The van der Waals surface area contributed by atoms with Gasteiger partial charge in [0.2, 0.25) is 5.88 Å². The lowest BCUT2D eigenvalue weighted by molar-refractivity contribution is 0.393. The fraction of sp³-hybridized carbons (Fsp3) is 0.400. The number of fused-ring (bicyclic) bond motifs is 1. The zero-order valence-electron chi connectivity index (χ0n) is 14.3. The zero-order valence-corrected chi connectivity index (χ0v) is 14.3. The number of hydrogen-bond donors (Lipinski definition) is 0. The number of para-hydroxylation sites is 1. The van der Waals surface area contributed by atoms with Crippen molar-refractivity contribution < 1.29 is 9.47 Å². The van der Waals surface area contributed by atoms with Crippen LogP contribution in [-0.4, -0.2) is 19.2 Å². The molecule has 124 valence electrons. The number of nitrogens with zero attached hydrogens (tertiary/aromatic N) is 2. The van der Waals surface area contributed by atoms with Gasteiger partial charge in [0.25, 0.3) is 0 Å². The topological polar surface area (TPSA) is 55.1 Å². The second-order valence-electron chi connectivity index (χ2n) is 6.02. The van der Waals surface area contributed by atoms with Crippen LogP contribution < -0.4 is 9.47 Å². The molecule has 0 aliphatic heterocycles. The van der Waals surface area contributed by atoms with E-state index in [1.54, 1.807) is 14.2 Å². The van der Waals surface area contributed by atoms with Crippen molar-refractivity contribution in [3.8, 4) is 28.8 Å². The second kappa shape index (κ2) is 7.35. The third kappa shape index (κ3) is 2.94. The maximum Gasteiger partial charge on any atom is 0.232 e.